The molecule has 6 nitrogen and oxygen atoms in total. The summed E-state index contributed by atoms with van der Waals surface area (Å²) in [4.78, 5) is 17.0. The number of urea groups is 1. The quantitative estimate of drug-likeness (QED) is 0.835. The van der Waals surface area contributed by atoms with E-state index in [1.807, 2.05) is 18.2 Å². The third-order valence-electron chi connectivity index (χ3n) is 3.21. The largest absolute Gasteiger partial charge is 0.387 e. The maximum absolute atomic E-state index is 11.0. The molecule has 1 fully saturated rings. The molecule has 2 heterocycles. The van der Waals surface area contributed by atoms with Gasteiger partial charge < -0.3 is 9.64 Å². The topological polar surface area (TPSA) is 66.6 Å². The van der Waals surface area contributed by atoms with Crippen LogP contribution >= 0.6 is 0 Å². The van der Waals surface area contributed by atoms with Crippen LogP contribution < -0.4 is 4.90 Å². The highest BCUT2D eigenvalue weighted by atomic mass is 16.5. The second kappa shape index (κ2) is 5.27. The van der Waals surface area contributed by atoms with E-state index < -0.39 is 6.03 Å². The van der Waals surface area contributed by atoms with E-state index in [9.17, 15) is 4.79 Å². The van der Waals surface area contributed by atoms with Gasteiger partial charge in [-0.2, -0.15) is 4.99 Å². The first-order chi connectivity index (χ1) is 9.33. The smallest absolute Gasteiger partial charge is 0.377 e. The van der Waals surface area contributed by atoms with Crippen LogP contribution in [0.2, 0.25) is 0 Å². The molecular weight excluding hydrogens is 244 g/mol. The number of amidine groups is 1. The van der Waals surface area contributed by atoms with Crippen molar-refractivity contribution in [2.45, 2.75) is 12.5 Å². The maximum atomic E-state index is 11.0. The molecule has 3 rings (SSSR count). The standard InChI is InChI=1S/C13H14N4O2/c18-13-14-12(15-16-13)8-11-9-19-7-6-17(11)10-4-2-1-3-5-10/h1-5,11H,6-9H2/t11-/m0/s1. The Morgan fingerprint density at radius 3 is 2.84 bits per heavy atom. The monoisotopic (exact) mass is 258 g/mol. The number of azo groups is 1. The number of morpholine rings is 1. The Labute approximate surface area is 110 Å². The average molecular weight is 258 g/mol. The number of aliphatic imine (C=N–C) groups is 1. The van der Waals surface area contributed by atoms with Gasteiger partial charge in [0, 0.05) is 18.7 Å². The summed E-state index contributed by atoms with van der Waals surface area (Å²) >= 11 is 0. The second-order valence-electron chi connectivity index (χ2n) is 4.47. The molecule has 2 aliphatic heterocycles. The van der Waals surface area contributed by atoms with Gasteiger partial charge in [-0.25, -0.2) is 4.79 Å². The lowest BCUT2D eigenvalue weighted by atomic mass is 10.1. The van der Waals surface area contributed by atoms with E-state index in [0.29, 0.717) is 25.5 Å². The van der Waals surface area contributed by atoms with Gasteiger partial charge in [-0.1, -0.05) is 23.3 Å². The van der Waals surface area contributed by atoms with Gasteiger partial charge in [-0.05, 0) is 12.1 Å². The van der Waals surface area contributed by atoms with Crippen molar-refractivity contribution in [3.8, 4) is 0 Å². The third-order valence-corrected chi connectivity index (χ3v) is 3.21. The predicted octanol–water partition coefficient (Wildman–Crippen LogP) is 2.27. The first-order valence-electron chi connectivity index (χ1n) is 6.25. The fraction of sp³-hybridized carbons (Fsp3) is 0.385. The maximum Gasteiger partial charge on any atom is 0.387 e. The Morgan fingerprint density at radius 1 is 1.26 bits per heavy atom. The third kappa shape index (κ3) is 2.68. The number of nitrogens with zero attached hydrogens (tertiary/aromatic N) is 4. The lowest BCUT2D eigenvalue weighted by molar-refractivity contribution is 0.0959. The molecule has 0 saturated carbocycles. The highest BCUT2D eigenvalue weighted by Gasteiger charge is 2.26. The van der Waals surface area contributed by atoms with Crippen LogP contribution in [0.15, 0.2) is 45.6 Å². The molecule has 0 bridgehead atoms. The molecular formula is C13H14N4O2. The van der Waals surface area contributed by atoms with Gasteiger partial charge in [0.1, 0.15) is 0 Å². The molecule has 0 aliphatic carbocycles. The number of carbonyl (C=O) groups is 1. The molecule has 1 saturated heterocycles. The molecule has 1 aromatic carbocycles. The highest BCUT2D eigenvalue weighted by molar-refractivity contribution is 5.98. The number of anilines is 1. The molecule has 2 amide bonds. The van der Waals surface area contributed by atoms with Gasteiger partial charge in [0.25, 0.3) is 0 Å². The minimum absolute atomic E-state index is 0.139. The minimum atomic E-state index is -0.516. The van der Waals surface area contributed by atoms with Gasteiger partial charge in [-0.15, -0.1) is 5.11 Å². The van der Waals surface area contributed by atoms with Gasteiger partial charge in [0.2, 0.25) is 0 Å². The number of carbonyl (C=O) groups excluding carboxylic acids is 1. The molecule has 0 aromatic heterocycles. The van der Waals surface area contributed by atoms with E-state index in [0.717, 1.165) is 12.2 Å². The van der Waals surface area contributed by atoms with Gasteiger partial charge >= 0.3 is 6.03 Å². The fourth-order valence-electron chi connectivity index (χ4n) is 2.34. The zero-order valence-corrected chi connectivity index (χ0v) is 10.4. The molecule has 2 aliphatic rings. The molecule has 1 atom stereocenters. The van der Waals surface area contributed by atoms with Crippen molar-refractivity contribution in [3.63, 3.8) is 0 Å². The summed E-state index contributed by atoms with van der Waals surface area (Å²) in [5, 5.41) is 7.19. The zero-order chi connectivity index (χ0) is 13.1. The lowest BCUT2D eigenvalue weighted by Gasteiger charge is -2.37. The number of hydrogen-bond acceptors (Lipinski definition) is 4. The van der Waals surface area contributed by atoms with Gasteiger partial charge in [0.05, 0.1) is 19.3 Å². The molecule has 0 unspecified atom stereocenters. The number of benzene rings is 1. The van der Waals surface area contributed by atoms with Crippen LogP contribution in [0, 0.1) is 0 Å². The van der Waals surface area contributed by atoms with Crippen LogP contribution in [0.3, 0.4) is 0 Å². The zero-order valence-electron chi connectivity index (χ0n) is 10.4. The van der Waals surface area contributed by atoms with Crippen molar-refractivity contribution in [3.05, 3.63) is 30.3 Å². The van der Waals surface area contributed by atoms with E-state index in [4.69, 9.17) is 4.74 Å². The van der Waals surface area contributed by atoms with Crippen molar-refractivity contribution < 1.29 is 9.53 Å². The first kappa shape index (κ1) is 12.0. The van der Waals surface area contributed by atoms with Crippen LogP contribution in [0.1, 0.15) is 6.42 Å². The first-order valence-corrected chi connectivity index (χ1v) is 6.25. The Hall–Kier alpha value is -2.08. The summed E-state index contributed by atoms with van der Waals surface area (Å²) in [7, 11) is 0. The predicted molar refractivity (Wildman–Crippen MR) is 70.7 cm³/mol. The SMILES string of the molecule is O=C1N=NC(C[C@H]2COCCN2c2ccccc2)=N1. The van der Waals surface area contributed by atoms with Crippen molar-refractivity contribution in [1.29, 1.82) is 0 Å². The summed E-state index contributed by atoms with van der Waals surface area (Å²) in [6.07, 6.45) is 0.574. The molecule has 0 radical (unpaired) electrons. The van der Waals surface area contributed by atoms with Crippen molar-refractivity contribution in [1.82, 2.24) is 0 Å². The summed E-state index contributed by atoms with van der Waals surface area (Å²) in [6, 6.07) is 9.78. The van der Waals surface area contributed by atoms with Crippen LogP contribution in [0.5, 0.6) is 0 Å². The Morgan fingerprint density at radius 2 is 2.11 bits per heavy atom. The number of para-hydroxylation sites is 1. The van der Waals surface area contributed by atoms with Crippen LogP contribution in [0.25, 0.3) is 0 Å². The van der Waals surface area contributed by atoms with E-state index >= 15 is 0 Å². The molecule has 6 heteroatoms. The average Bonchev–Trinajstić information content (AvgIpc) is 2.86. The molecule has 98 valence electrons. The van der Waals surface area contributed by atoms with E-state index in [2.05, 4.69) is 32.3 Å². The van der Waals surface area contributed by atoms with Gasteiger partial charge in [0.15, 0.2) is 5.84 Å². The molecule has 19 heavy (non-hydrogen) atoms. The summed E-state index contributed by atoms with van der Waals surface area (Å²) in [5.74, 6) is 0.487. The Bertz CT molecular complexity index is 527. The normalized spacial score (nSPS) is 22.7. The molecule has 0 spiro atoms. The number of rotatable bonds is 3. The van der Waals surface area contributed by atoms with Crippen molar-refractivity contribution in [2.24, 2.45) is 15.2 Å². The van der Waals surface area contributed by atoms with Crippen LogP contribution in [0.4, 0.5) is 10.5 Å². The van der Waals surface area contributed by atoms with Crippen LogP contribution in [-0.4, -0.2) is 37.7 Å². The Kier molecular flexibility index (Phi) is 3.33. The van der Waals surface area contributed by atoms with E-state index in [1.54, 1.807) is 0 Å². The number of amides is 2. The number of ether oxygens (including phenoxy) is 1. The van der Waals surface area contributed by atoms with Gasteiger partial charge in [-0.3, -0.25) is 0 Å². The summed E-state index contributed by atoms with van der Waals surface area (Å²) in [5.41, 5.74) is 1.15. The molecule has 0 N–H and O–H groups in total. The van der Waals surface area contributed by atoms with Crippen molar-refractivity contribution in [2.75, 3.05) is 24.7 Å². The Balaban J connectivity index is 1.76. The van der Waals surface area contributed by atoms with Crippen molar-refractivity contribution >= 4 is 17.6 Å². The molecule has 1 aromatic rings. The second-order valence-corrected chi connectivity index (χ2v) is 4.47. The van der Waals surface area contributed by atoms with Crippen LogP contribution in [-0.2, 0) is 4.74 Å². The van der Waals surface area contributed by atoms with E-state index in [1.165, 1.54) is 0 Å². The lowest BCUT2D eigenvalue weighted by Crippen LogP contribution is -2.46. The minimum Gasteiger partial charge on any atom is -0.377 e. The number of hydrogen-bond donors (Lipinski definition) is 0. The highest BCUT2D eigenvalue weighted by Crippen LogP contribution is 2.22. The summed E-state index contributed by atoms with van der Waals surface area (Å²) < 4.78 is 5.52. The summed E-state index contributed by atoms with van der Waals surface area (Å²) in [6.45, 7) is 2.14. The van der Waals surface area contributed by atoms with E-state index in [-0.39, 0.29) is 6.04 Å². The fourth-order valence-corrected chi connectivity index (χ4v) is 2.34.